The molecule has 0 atom stereocenters. The topological polar surface area (TPSA) is 51.9 Å². The van der Waals surface area contributed by atoms with E-state index in [4.69, 9.17) is 13.9 Å². The van der Waals surface area contributed by atoms with Crippen LogP contribution in [0.2, 0.25) is 0 Å². The predicted octanol–water partition coefficient (Wildman–Crippen LogP) is 4.85. The van der Waals surface area contributed by atoms with Gasteiger partial charge in [0.15, 0.2) is 0 Å². The van der Waals surface area contributed by atoms with Gasteiger partial charge in [-0.1, -0.05) is 25.5 Å². The lowest BCUT2D eigenvalue weighted by Gasteiger charge is -2.30. The summed E-state index contributed by atoms with van der Waals surface area (Å²) in [4.78, 5) is 14.4. The molecule has 5 heteroatoms. The summed E-state index contributed by atoms with van der Waals surface area (Å²) >= 11 is 0. The van der Waals surface area contributed by atoms with Crippen molar-refractivity contribution in [3.8, 4) is 11.5 Å². The van der Waals surface area contributed by atoms with Gasteiger partial charge in [-0.3, -0.25) is 4.90 Å². The normalized spacial score (nSPS) is 13.8. The molecule has 5 nitrogen and oxygen atoms in total. The summed E-state index contributed by atoms with van der Waals surface area (Å²) in [5.41, 5.74) is 4.82. The van der Waals surface area contributed by atoms with E-state index in [-0.39, 0.29) is 5.63 Å². The molecule has 0 fully saturated rings. The first-order chi connectivity index (χ1) is 14.6. The molecule has 2 heterocycles. The molecule has 0 aliphatic carbocycles. The van der Waals surface area contributed by atoms with Crippen molar-refractivity contribution in [3.05, 3.63) is 69.1 Å². The van der Waals surface area contributed by atoms with E-state index in [1.165, 1.54) is 5.56 Å². The van der Waals surface area contributed by atoms with Crippen LogP contribution in [0.15, 0.2) is 45.6 Å². The Hall–Kier alpha value is -2.79. The molecule has 0 amide bonds. The maximum atomic E-state index is 12.1. The van der Waals surface area contributed by atoms with Crippen molar-refractivity contribution in [1.29, 1.82) is 0 Å². The SMILES string of the molecule is CCCCc1cc(=O)oc2c(C)c3c(cc12)CN(CCc1ccc(OC)cc1)CO3. The first-order valence-electron chi connectivity index (χ1n) is 10.7. The average molecular weight is 408 g/mol. The molecule has 0 radical (unpaired) electrons. The minimum atomic E-state index is -0.284. The zero-order valence-corrected chi connectivity index (χ0v) is 18.0. The molecule has 0 bridgehead atoms. The second-order valence-corrected chi connectivity index (χ2v) is 7.98. The maximum absolute atomic E-state index is 12.1. The lowest BCUT2D eigenvalue weighted by atomic mass is 9.98. The Labute approximate surface area is 177 Å². The average Bonchev–Trinajstić information content (AvgIpc) is 2.77. The van der Waals surface area contributed by atoms with Gasteiger partial charge >= 0.3 is 5.63 Å². The molecule has 2 aromatic carbocycles. The monoisotopic (exact) mass is 407 g/mol. The fraction of sp³-hybridized carbons (Fsp3) is 0.400. The van der Waals surface area contributed by atoms with Crippen LogP contribution in [0, 0.1) is 6.92 Å². The van der Waals surface area contributed by atoms with Crippen LogP contribution in [0.3, 0.4) is 0 Å². The van der Waals surface area contributed by atoms with Gasteiger partial charge in [0.05, 0.1) is 7.11 Å². The number of methoxy groups -OCH3 is 1. The maximum Gasteiger partial charge on any atom is 0.336 e. The number of hydrogen-bond donors (Lipinski definition) is 0. The minimum absolute atomic E-state index is 0.284. The molecule has 1 aromatic heterocycles. The van der Waals surface area contributed by atoms with E-state index in [2.05, 4.69) is 30.0 Å². The smallest absolute Gasteiger partial charge is 0.336 e. The van der Waals surface area contributed by atoms with Gasteiger partial charge in [0, 0.05) is 35.7 Å². The number of ether oxygens (including phenoxy) is 2. The van der Waals surface area contributed by atoms with Gasteiger partial charge in [-0.15, -0.1) is 0 Å². The molecule has 4 rings (SSSR count). The Kier molecular flexibility index (Phi) is 6.09. The third-order valence-corrected chi connectivity index (χ3v) is 5.84. The van der Waals surface area contributed by atoms with Crippen LogP contribution >= 0.6 is 0 Å². The molecule has 158 valence electrons. The fourth-order valence-corrected chi connectivity index (χ4v) is 4.13. The number of benzene rings is 2. The summed E-state index contributed by atoms with van der Waals surface area (Å²) in [6.07, 6.45) is 3.98. The van der Waals surface area contributed by atoms with Crippen molar-refractivity contribution in [3.63, 3.8) is 0 Å². The Morgan fingerprint density at radius 2 is 1.93 bits per heavy atom. The molecule has 0 saturated heterocycles. The molecule has 1 aliphatic heterocycles. The van der Waals surface area contributed by atoms with Gasteiger partial charge in [-0.05, 0) is 55.5 Å². The summed E-state index contributed by atoms with van der Waals surface area (Å²) in [5, 5.41) is 1.04. The van der Waals surface area contributed by atoms with E-state index < -0.39 is 0 Å². The number of aryl methyl sites for hydroxylation is 2. The largest absolute Gasteiger partial charge is 0.497 e. The summed E-state index contributed by atoms with van der Waals surface area (Å²) in [7, 11) is 1.68. The van der Waals surface area contributed by atoms with Gasteiger partial charge in [0.2, 0.25) is 0 Å². The Balaban J connectivity index is 1.56. The lowest BCUT2D eigenvalue weighted by Crippen LogP contribution is -2.34. The highest BCUT2D eigenvalue weighted by Crippen LogP contribution is 2.36. The Morgan fingerprint density at radius 3 is 2.67 bits per heavy atom. The number of nitrogens with zero attached hydrogens (tertiary/aromatic N) is 1. The molecule has 3 aromatic rings. The predicted molar refractivity (Wildman–Crippen MR) is 118 cm³/mol. The molecular weight excluding hydrogens is 378 g/mol. The highest BCUT2D eigenvalue weighted by atomic mass is 16.5. The van der Waals surface area contributed by atoms with Gasteiger partial charge in [0.1, 0.15) is 23.8 Å². The number of rotatable bonds is 7. The van der Waals surface area contributed by atoms with E-state index in [0.717, 1.165) is 72.3 Å². The summed E-state index contributed by atoms with van der Waals surface area (Å²) in [5.74, 6) is 1.74. The number of unbranched alkanes of at least 4 members (excludes halogenated alkanes) is 1. The van der Waals surface area contributed by atoms with Crippen LogP contribution in [0.4, 0.5) is 0 Å². The third kappa shape index (κ3) is 4.21. The van der Waals surface area contributed by atoms with Gasteiger partial charge < -0.3 is 13.9 Å². The number of fused-ring (bicyclic) bond motifs is 2. The minimum Gasteiger partial charge on any atom is -0.497 e. The molecule has 0 spiro atoms. The van der Waals surface area contributed by atoms with Crippen molar-refractivity contribution in [1.82, 2.24) is 4.90 Å². The van der Waals surface area contributed by atoms with E-state index >= 15 is 0 Å². The Bertz CT molecular complexity index is 1080. The van der Waals surface area contributed by atoms with Crippen LogP contribution in [0.25, 0.3) is 11.0 Å². The van der Waals surface area contributed by atoms with Gasteiger partial charge in [0.25, 0.3) is 0 Å². The van der Waals surface area contributed by atoms with E-state index in [0.29, 0.717) is 12.3 Å². The summed E-state index contributed by atoms with van der Waals surface area (Å²) in [6, 6.07) is 12.0. The zero-order chi connectivity index (χ0) is 21.1. The Morgan fingerprint density at radius 1 is 1.13 bits per heavy atom. The van der Waals surface area contributed by atoms with E-state index in [1.807, 2.05) is 19.1 Å². The summed E-state index contributed by atoms with van der Waals surface area (Å²) < 4.78 is 16.9. The van der Waals surface area contributed by atoms with Crippen LogP contribution < -0.4 is 15.1 Å². The van der Waals surface area contributed by atoms with Gasteiger partial charge in [-0.2, -0.15) is 0 Å². The lowest BCUT2D eigenvalue weighted by molar-refractivity contribution is 0.0959. The van der Waals surface area contributed by atoms with Crippen molar-refractivity contribution >= 4 is 11.0 Å². The molecule has 0 unspecified atom stereocenters. The van der Waals surface area contributed by atoms with Crippen molar-refractivity contribution < 1.29 is 13.9 Å². The van der Waals surface area contributed by atoms with Crippen LogP contribution in [0.1, 0.15) is 42.0 Å². The first-order valence-corrected chi connectivity index (χ1v) is 10.7. The van der Waals surface area contributed by atoms with E-state index in [1.54, 1.807) is 13.2 Å². The van der Waals surface area contributed by atoms with Gasteiger partial charge in [-0.25, -0.2) is 4.79 Å². The van der Waals surface area contributed by atoms with Crippen molar-refractivity contribution in [2.24, 2.45) is 0 Å². The summed E-state index contributed by atoms with van der Waals surface area (Å²) in [6.45, 7) is 6.43. The molecule has 30 heavy (non-hydrogen) atoms. The van der Waals surface area contributed by atoms with E-state index in [9.17, 15) is 4.79 Å². The molecule has 0 saturated carbocycles. The highest BCUT2D eigenvalue weighted by Gasteiger charge is 2.23. The van der Waals surface area contributed by atoms with Crippen molar-refractivity contribution in [2.75, 3.05) is 20.4 Å². The third-order valence-electron chi connectivity index (χ3n) is 5.84. The first kappa shape index (κ1) is 20.5. The fourth-order valence-electron chi connectivity index (χ4n) is 4.13. The standard InChI is InChI=1S/C25H29NO4/c1-4-5-6-19-14-23(27)30-25-17(2)24-20(13-22(19)25)15-26(16-29-24)12-11-18-7-9-21(28-3)10-8-18/h7-10,13-14H,4-6,11-12,15-16H2,1-3H3. The second kappa shape index (κ2) is 8.92. The van der Waals surface area contributed by atoms with Crippen LogP contribution in [-0.2, 0) is 19.4 Å². The quantitative estimate of drug-likeness (QED) is 0.524. The van der Waals surface area contributed by atoms with Crippen LogP contribution in [-0.4, -0.2) is 25.3 Å². The van der Waals surface area contributed by atoms with Crippen molar-refractivity contribution in [2.45, 2.75) is 46.1 Å². The number of hydrogen-bond acceptors (Lipinski definition) is 5. The van der Waals surface area contributed by atoms with Crippen LogP contribution in [0.5, 0.6) is 11.5 Å². The molecular formula is C25H29NO4. The highest BCUT2D eigenvalue weighted by molar-refractivity contribution is 5.86. The second-order valence-electron chi connectivity index (χ2n) is 7.98. The molecule has 1 aliphatic rings. The molecule has 0 N–H and O–H groups in total. The zero-order valence-electron chi connectivity index (χ0n) is 18.0.